The largest absolute Gasteiger partial charge is 0.394 e. The van der Waals surface area contributed by atoms with E-state index in [1.54, 1.807) is 0 Å². The SMILES string of the molecule is Cc1cc(C)n2cc(CNC3(CO)CCc4ccccc43)nc2n1. The monoisotopic (exact) mass is 322 g/mol. The second kappa shape index (κ2) is 5.69. The number of nitrogens with zero attached hydrogens (tertiary/aromatic N) is 3. The maximum atomic E-state index is 10.1. The van der Waals surface area contributed by atoms with Crippen molar-refractivity contribution in [3.63, 3.8) is 0 Å². The zero-order chi connectivity index (χ0) is 16.7. The minimum atomic E-state index is -0.370. The van der Waals surface area contributed by atoms with E-state index in [4.69, 9.17) is 0 Å². The Labute approximate surface area is 141 Å². The summed E-state index contributed by atoms with van der Waals surface area (Å²) < 4.78 is 2.01. The van der Waals surface area contributed by atoms with Crippen molar-refractivity contribution in [3.05, 3.63) is 64.7 Å². The van der Waals surface area contributed by atoms with Gasteiger partial charge in [-0.25, -0.2) is 9.97 Å². The van der Waals surface area contributed by atoms with Crippen LogP contribution in [0.4, 0.5) is 0 Å². The van der Waals surface area contributed by atoms with Gasteiger partial charge in [0.2, 0.25) is 5.78 Å². The Kier molecular flexibility index (Phi) is 3.62. The molecule has 0 radical (unpaired) electrons. The highest BCUT2D eigenvalue weighted by Gasteiger charge is 2.37. The van der Waals surface area contributed by atoms with Crippen LogP contribution >= 0.6 is 0 Å². The van der Waals surface area contributed by atoms with Crippen LogP contribution in [0.5, 0.6) is 0 Å². The Morgan fingerprint density at radius 2 is 2.08 bits per heavy atom. The predicted molar refractivity (Wildman–Crippen MR) is 92.8 cm³/mol. The molecule has 0 saturated carbocycles. The van der Waals surface area contributed by atoms with Crippen LogP contribution in [0, 0.1) is 13.8 Å². The van der Waals surface area contributed by atoms with Gasteiger partial charge in [0.25, 0.3) is 0 Å². The number of nitrogens with one attached hydrogen (secondary N) is 1. The summed E-state index contributed by atoms with van der Waals surface area (Å²) in [5, 5.41) is 13.6. The second-order valence-corrected chi connectivity index (χ2v) is 6.69. The van der Waals surface area contributed by atoms with Gasteiger partial charge in [0.05, 0.1) is 17.8 Å². The van der Waals surface area contributed by atoms with Crippen molar-refractivity contribution in [1.29, 1.82) is 0 Å². The van der Waals surface area contributed by atoms with Crippen LogP contribution in [0.3, 0.4) is 0 Å². The third kappa shape index (κ3) is 2.41. The Balaban J connectivity index is 1.61. The number of benzene rings is 1. The van der Waals surface area contributed by atoms with E-state index in [9.17, 15) is 5.11 Å². The molecule has 3 aromatic rings. The lowest BCUT2D eigenvalue weighted by Crippen LogP contribution is -2.43. The average Bonchev–Trinajstić information content (AvgIpc) is 3.15. The van der Waals surface area contributed by atoms with Gasteiger partial charge in [0, 0.05) is 24.1 Å². The first kappa shape index (κ1) is 15.3. The third-order valence-corrected chi connectivity index (χ3v) is 5.04. The van der Waals surface area contributed by atoms with Gasteiger partial charge < -0.3 is 5.11 Å². The van der Waals surface area contributed by atoms with Crippen molar-refractivity contribution in [3.8, 4) is 0 Å². The third-order valence-electron chi connectivity index (χ3n) is 5.04. The summed E-state index contributed by atoms with van der Waals surface area (Å²) in [5.74, 6) is 0.731. The highest BCUT2D eigenvalue weighted by molar-refractivity contribution is 5.39. The summed E-state index contributed by atoms with van der Waals surface area (Å²) >= 11 is 0. The number of aryl methyl sites for hydroxylation is 3. The molecule has 124 valence electrons. The minimum absolute atomic E-state index is 0.0910. The Hall–Kier alpha value is -2.24. The molecule has 2 aromatic heterocycles. The molecular formula is C19H22N4O. The molecule has 4 rings (SSSR count). The topological polar surface area (TPSA) is 62.5 Å². The van der Waals surface area contributed by atoms with E-state index >= 15 is 0 Å². The van der Waals surface area contributed by atoms with Crippen LogP contribution in [0.2, 0.25) is 0 Å². The molecule has 2 heterocycles. The van der Waals surface area contributed by atoms with Crippen molar-refractivity contribution in [2.45, 2.75) is 38.8 Å². The zero-order valence-corrected chi connectivity index (χ0v) is 14.1. The molecule has 0 saturated heterocycles. The Morgan fingerprint density at radius 1 is 1.25 bits per heavy atom. The summed E-state index contributed by atoms with van der Waals surface area (Å²) in [6, 6.07) is 10.4. The fourth-order valence-electron chi connectivity index (χ4n) is 3.75. The summed E-state index contributed by atoms with van der Waals surface area (Å²) in [6.45, 7) is 4.74. The smallest absolute Gasteiger partial charge is 0.234 e. The quantitative estimate of drug-likeness (QED) is 0.773. The van der Waals surface area contributed by atoms with E-state index in [2.05, 4.69) is 40.4 Å². The van der Waals surface area contributed by atoms with Gasteiger partial charge >= 0.3 is 0 Å². The van der Waals surface area contributed by atoms with E-state index in [0.717, 1.165) is 35.7 Å². The fraction of sp³-hybridized carbons (Fsp3) is 0.368. The summed E-state index contributed by atoms with van der Waals surface area (Å²) in [7, 11) is 0. The maximum Gasteiger partial charge on any atom is 0.234 e. The maximum absolute atomic E-state index is 10.1. The van der Waals surface area contributed by atoms with Crippen LogP contribution in [-0.2, 0) is 18.5 Å². The Bertz CT molecular complexity index is 902. The normalized spacial score (nSPS) is 19.8. The number of hydrogen-bond donors (Lipinski definition) is 2. The van der Waals surface area contributed by atoms with Gasteiger partial charge in [0.1, 0.15) is 0 Å². The highest BCUT2D eigenvalue weighted by atomic mass is 16.3. The molecule has 2 N–H and O–H groups in total. The highest BCUT2D eigenvalue weighted by Crippen LogP contribution is 2.36. The van der Waals surface area contributed by atoms with Gasteiger partial charge in [-0.15, -0.1) is 0 Å². The van der Waals surface area contributed by atoms with Crippen molar-refractivity contribution >= 4 is 5.78 Å². The summed E-state index contributed by atoms with van der Waals surface area (Å²) in [5.41, 5.74) is 5.20. The Morgan fingerprint density at radius 3 is 2.92 bits per heavy atom. The molecular weight excluding hydrogens is 300 g/mol. The summed E-state index contributed by atoms with van der Waals surface area (Å²) in [6.07, 6.45) is 3.93. The van der Waals surface area contributed by atoms with Gasteiger partial charge in [0.15, 0.2) is 0 Å². The van der Waals surface area contributed by atoms with Crippen LogP contribution < -0.4 is 5.32 Å². The molecule has 5 heteroatoms. The first-order valence-corrected chi connectivity index (χ1v) is 8.38. The molecule has 0 spiro atoms. The first-order chi connectivity index (χ1) is 11.6. The molecule has 1 unspecified atom stereocenters. The molecule has 1 aliphatic carbocycles. The van der Waals surface area contributed by atoms with Crippen LogP contribution in [0.1, 0.15) is 34.6 Å². The number of imidazole rings is 1. The number of aliphatic hydroxyl groups excluding tert-OH is 1. The summed E-state index contributed by atoms with van der Waals surface area (Å²) in [4.78, 5) is 9.11. The molecule has 1 aromatic carbocycles. The number of rotatable bonds is 4. The standard InChI is InChI=1S/C19H22N4O/c1-13-9-14(2)23-11-16(22-18(23)21-13)10-20-19(12-24)8-7-15-5-3-4-6-17(15)19/h3-6,9,11,20,24H,7-8,10,12H2,1-2H3. The van der Waals surface area contributed by atoms with E-state index in [1.165, 1.54) is 11.1 Å². The van der Waals surface area contributed by atoms with Gasteiger partial charge in [-0.3, -0.25) is 9.72 Å². The molecule has 1 aliphatic rings. The number of hydrogen-bond acceptors (Lipinski definition) is 4. The number of fused-ring (bicyclic) bond motifs is 2. The van der Waals surface area contributed by atoms with Crippen molar-refractivity contribution < 1.29 is 5.11 Å². The molecule has 0 aliphatic heterocycles. The number of aliphatic hydroxyl groups is 1. The van der Waals surface area contributed by atoms with Crippen LogP contribution in [-0.4, -0.2) is 26.1 Å². The number of aromatic nitrogens is 3. The molecule has 24 heavy (non-hydrogen) atoms. The van der Waals surface area contributed by atoms with E-state index in [1.807, 2.05) is 29.7 Å². The zero-order valence-electron chi connectivity index (χ0n) is 14.1. The molecule has 0 fully saturated rings. The van der Waals surface area contributed by atoms with E-state index in [-0.39, 0.29) is 12.1 Å². The van der Waals surface area contributed by atoms with Gasteiger partial charge in [-0.2, -0.15) is 0 Å². The predicted octanol–water partition coefficient (Wildman–Crippen LogP) is 2.27. The molecule has 1 atom stereocenters. The van der Waals surface area contributed by atoms with Gasteiger partial charge in [-0.1, -0.05) is 24.3 Å². The molecule has 5 nitrogen and oxygen atoms in total. The first-order valence-electron chi connectivity index (χ1n) is 8.38. The van der Waals surface area contributed by atoms with Gasteiger partial charge in [-0.05, 0) is 43.9 Å². The average molecular weight is 322 g/mol. The molecule has 0 bridgehead atoms. The van der Waals surface area contributed by atoms with E-state index in [0.29, 0.717) is 6.54 Å². The van der Waals surface area contributed by atoms with E-state index < -0.39 is 0 Å². The van der Waals surface area contributed by atoms with Crippen LogP contribution in [0.25, 0.3) is 5.78 Å². The minimum Gasteiger partial charge on any atom is -0.394 e. The van der Waals surface area contributed by atoms with Crippen molar-refractivity contribution in [2.24, 2.45) is 0 Å². The van der Waals surface area contributed by atoms with Crippen molar-refractivity contribution in [1.82, 2.24) is 19.7 Å². The second-order valence-electron chi connectivity index (χ2n) is 6.69. The lowest BCUT2D eigenvalue weighted by Gasteiger charge is -2.29. The lowest BCUT2D eigenvalue weighted by molar-refractivity contribution is 0.158. The fourth-order valence-corrected chi connectivity index (χ4v) is 3.75. The van der Waals surface area contributed by atoms with Crippen molar-refractivity contribution in [2.75, 3.05) is 6.61 Å². The lowest BCUT2D eigenvalue weighted by atomic mass is 9.92. The molecule has 0 amide bonds. The van der Waals surface area contributed by atoms with Crippen LogP contribution in [0.15, 0.2) is 36.5 Å².